The average molecular weight is 253 g/mol. The van der Waals surface area contributed by atoms with Crippen LogP contribution in [0.1, 0.15) is 52.7 Å². The van der Waals surface area contributed by atoms with Crippen LogP contribution in [-0.2, 0) is 10.8 Å². The molecule has 0 radical (unpaired) electrons. The Balaban J connectivity index is 2.66. The quantitative estimate of drug-likeness (QED) is 0.608. The minimum Gasteiger partial charge on any atom is -0.181 e. The number of nitrogens with zero attached hydrogens (tertiary/aromatic N) is 1. The summed E-state index contributed by atoms with van der Waals surface area (Å²) in [7, 11) is 3.42. The van der Waals surface area contributed by atoms with Gasteiger partial charge in [-0.05, 0) is 22.0 Å². The van der Waals surface area contributed by atoms with Crippen LogP contribution < -0.4 is 0 Å². The van der Waals surface area contributed by atoms with Gasteiger partial charge in [0.25, 0.3) is 0 Å². The van der Waals surface area contributed by atoms with Gasteiger partial charge >= 0.3 is 0 Å². The SMILES string of the molecule is CC(C)(C)c1cc(C(C)(C)C)c2ssnc1-2. The third-order valence-corrected chi connectivity index (χ3v) is 4.73. The van der Waals surface area contributed by atoms with Gasteiger partial charge in [-0.25, -0.2) is 0 Å². The smallest absolute Gasteiger partial charge is 0.0990 e. The summed E-state index contributed by atoms with van der Waals surface area (Å²) in [6, 6.07) is 2.36. The minimum absolute atomic E-state index is 0.183. The topological polar surface area (TPSA) is 12.9 Å². The molecule has 1 aliphatic carbocycles. The van der Waals surface area contributed by atoms with Crippen LogP contribution in [0.2, 0.25) is 0 Å². The zero-order valence-corrected chi connectivity index (χ0v) is 12.5. The zero-order chi connectivity index (χ0) is 12.1. The Morgan fingerprint density at radius 3 is 2.00 bits per heavy atom. The first kappa shape index (κ1) is 12.1. The Morgan fingerprint density at radius 1 is 0.938 bits per heavy atom. The molecule has 0 aromatic rings. The highest BCUT2D eigenvalue weighted by atomic mass is 32.9. The van der Waals surface area contributed by atoms with E-state index in [2.05, 4.69) is 52.0 Å². The Morgan fingerprint density at radius 2 is 1.50 bits per heavy atom. The molecule has 16 heavy (non-hydrogen) atoms. The average Bonchev–Trinajstić information content (AvgIpc) is 2.54. The van der Waals surface area contributed by atoms with Crippen LogP contribution in [0.25, 0.3) is 10.6 Å². The molecule has 0 spiro atoms. The fourth-order valence-electron chi connectivity index (χ4n) is 1.93. The van der Waals surface area contributed by atoms with Gasteiger partial charge in [-0.2, -0.15) is 4.37 Å². The molecule has 0 unspecified atom stereocenters. The van der Waals surface area contributed by atoms with E-state index in [1.54, 1.807) is 10.5 Å². The van der Waals surface area contributed by atoms with Crippen LogP contribution in [0, 0.1) is 0 Å². The van der Waals surface area contributed by atoms with Gasteiger partial charge in [0, 0.05) is 10.5 Å². The first-order valence-corrected chi connectivity index (χ1v) is 7.71. The molecule has 0 amide bonds. The van der Waals surface area contributed by atoms with E-state index < -0.39 is 0 Å². The first-order valence-electron chi connectivity index (χ1n) is 5.60. The maximum absolute atomic E-state index is 4.58. The lowest BCUT2D eigenvalue weighted by atomic mass is 9.86. The van der Waals surface area contributed by atoms with Crippen LogP contribution in [0.15, 0.2) is 6.07 Å². The molecule has 2 rings (SSSR count). The van der Waals surface area contributed by atoms with E-state index in [1.807, 2.05) is 10.3 Å². The lowest BCUT2D eigenvalue weighted by Gasteiger charge is -2.18. The van der Waals surface area contributed by atoms with Gasteiger partial charge in [-0.1, -0.05) is 57.9 Å². The second-order valence-corrected chi connectivity index (χ2v) is 8.25. The molecule has 1 aliphatic heterocycles. The fraction of sp³-hybridized carbons (Fsp3) is 0.615. The van der Waals surface area contributed by atoms with E-state index in [9.17, 15) is 0 Å². The van der Waals surface area contributed by atoms with Gasteiger partial charge in [0.05, 0.1) is 10.6 Å². The van der Waals surface area contributed by atoms with E-state index >= 15 is 0 Å². The molecule has 0 aromatic carbocycles. The molecule has 0 saturated carbocycles. The molecule has 0 bridgehead atoms. The Kier molecular flexibility index (Phi) is 2.67. The van der Waals surface area contributed by atoms with Gasteiger partial charge in [0.15, 0.2) is 0 Å². The van der Waals surface area contributed by atoms with Crippen molar-refractivity contribution in [3.63, 3.8) is 0 Å². The van der Waals surface area contributed by atoms with Crippen molar-refractivity contribution in [3.05, 3.63) is 17.2 Å². The van der Waals surface area contributed by atoms with Crippen molar-refractivity contribution in [2.45, 2.75) is 52.4 Å². The molecule has 0 aromatic heterocycles. The van der Waals surface area contributed by atoms with E-state index in [1.165, 1.54) is 21.7 Å². The van der Waals surface area contributed by atoms with Gasteiger partial charge in [-0.3, -0.25) is 0 Å². The summed E-state index contributed by atoms with van der Waals surface area (Å²) in [5.74, 6) is 0. The summed E-state index contributed by atoms with van der Waals surface area (Å²) in [5, 5.41) is 0. The number of fused-ring (bicyclic) bond motifs is 1. The summed E-state index contributed by atoms with van der Waals surface area (Å²) in [6.07, 6.45) is 0. The van der Waals surface area contributed by atoms with E-state index in [4.69, 9.17) is 0 Å². The van der Waals surface area contributed by atoms with Crippen molar-refractivity contribution in [3.8, 4) is 10.6 Å². The Hall–Kier alpha value is -0.410. The second-order valence-electron chi connectivity index (χ2n) is 6.40. The lowest BCUT2D eigenvalue weighted by molar-refractivity contribution is 0.581. The maximum Gasteiger partial charge on any atom is 0.0990 e. The van der Waals surface area contributed by atoms with Crippen molar-refractivity contribution in [2.75, 3.05) is 0 Å². The molecule has 0 fully saturated rings. The summed E-state index contributed by atoms with van der Waals surface area (Å²) in [5.41, 5.74) is 4.47. The highest BCUT2D eigenvalue weighted by Crippen LogP contribution is 2.46. The van der Waals surface area contributed by atoms with Crippen LogP contribution >= 0.6 is 20.9 Å². The highest BCUT2D eigenvalue weighted by molar-refractivity contribution is 7.68. The summed E-state index contributed by atoms with van der Waals surface area (Å²) < 4.78 is 4.58. The molecule has 3 heteroatoms. The third-order valence-electron chi connectivity index (χ3n) is 2.87. The van der Waals surface area contributed by atoms with Gasteiger partial charge in [-0.15, -0.1) is 0 Å². The molecular weight excluding hydrogens is 234 g/mol. The monoisotopic (exact) mass is 253 g/mol. The molecule has 88 valence electrons. The molecule has 0 saturated heterocycles. The molecule has 0 N–H and O–H groups in total. The summed E-state index contributed by atoms with van der Waals surface area (Å²) in [4.78, 5) is 1.39. The predicted octanol–water partition coefficient (Wildman–Crippen LogP) is 4.90. The number of hydrogen-bond acceptors (Lipinski definition) is 3. The van der Waals surface area contributed by atoms with Crippen molar-refractivity contribution < 1.29 is 0 Å². The molecular formula is C13H19NS2. The molecule has 2 aliphatic rings. The largest absolute Gasteiger partial charge is 0.181 e. The van der Waals surface area contributed by atoms with E-state index in [0.717, 1.165) is 0 Å². The normalized spacial score (nSPS) is 13.6. The van der Waals surface area contributed by atoms with Crippen molar-refractivity contribution >= 4 is 20.9 Å². The summed E-state index contributed by atoms with van der Waals surface area (Å²) >= 11 is 0. The number of rotatable bonds is 0. The third kappa shape index (κ3) is 1.91. The number of hydrogen-bond donors (Lipinski definition) is 0. The van der Waals surface area contributed by atoms with Crippen LogP contribution in [0.3, 0.4) is 0 Å². The maximum atomic E-state index is 4.58. The zero-order valence-electron chi connectivity index (χ0n) is 10.8. The molecule has 1 heterocycles. The van der Waals surface area contributed by atoms with Gasteiger partial charge in [0.2, 0.25) is 0 Å². The van der Waals surface area contributed by atoms with Gasteiger partial charge in [0.1, 0.15) is 0 Å². The first-order chi connectivity index (χ1) is 7.21. The summed E-state index contributed by atoms with van der Waals surface area (Å²) in [6.45, 7) is 13.6. The Labute approximate surface area is 105 Å². The molecule has 0 atom stereocenters. The second kappa shape index (κ2) is 3.54. The number of aromatic nitrogens is 1. The van der Waals surface area contributed by atoms with Crippen molar-refractivity contribution in [1.82, 2.24) is 4.37 Å². The predicted molar refractivity (Wildman–Crippen MR) is 74.0 cm³/mol. The van der Waals surface area contributed by atoms with Crippen molar-refractivity contribution in [2.24, 2.45) is 0 Å². The van der Waals surface area contributed by atoms with Crippen LogP contribution in [0.5, 0.6) is 0 Å². The van der Waals surface area contributed by atoms with Crippen molar-refractivity contribution in [1.29, 1.82) is 0 Å². The molecule has 1 nitrogen and oxygen atoms in total. The van der Waals surface area contributed by atoms with Crippen LogP contribution in [0.4, 0.5) is 0 Å². The van der Waals surface area contributed by atoms with Crippen LogP contribution in [-0.4, -0.2) is 4.37 Å². The standard InChI is InChI=1S/C13H19NS2/c1-12(2,3)8-7-9(13(4,5)6)11-10(8)14-16-15-11/h7H,1-6H3. The van der Waals surface area contributed by atoms with E-state index in [-0.39, 0.29) is 10.8 Å². The fourth-order valence-corrected chi connectivity index (χ4v) is 4.11. The van der Waals surface area contributed by atoms with E-state index in [0.29, 0.717) is 0 Å². The highest BCUT2D eigenvalue weighted by Gasteiger charge is 2.31. The lowest BCUT2D eigenvalue weighted by Crippen LogP contribution is -2.12. The Bertz CT molecular complexity index is 425. The van der Waals surface area contributed by atoms with Gasteiger partial charge < -0.3 is 0 Å². The minimum atomic E-state index is 0.183.